The van der Waals surface area contributed by atoms with Crippen molar-refractivity contribution >= 4 is 48.2 Å². The summed E-state index contributed by atoms with van der Waals surface area (Å²) in [7, 11) is -4.89. The minimum atomic E-state index is -5.55. The Morgan fingerprint density at radius 1 is 0.538 bits per heavy atom. The maximum absolute atomic E-state index is 14.3. The zero-order valence-corrected chi connectivity index (χ0v) is 24.1. The topological polar surface area (TPSA) is 89.9 Å². The van der Waals surface area contributed by atoms with Gasteiger partial charge in [-0.2, -0.15) is 0 Å². The fourth-order valence-electron chi connectivity index (χ4n) is 4.99. The average molecular weight is 647 g/mol. The molecule has 0 unspecified atom stereocenters. The summed E-state index contributed by atoms with van der Waals surface area (Å²) < 4.78 is 47.8. The van der Waals surface area contributed by atoms with E-state index >= 15 is 0 Å². The molecule has 39 heavy (non-hydrogen) atoms. The summed E-state index contributed by atoms with van der Waals surface area (Å²) in [6.45, 7) is 0. The molecule has 5 aromatic carbocycles. The molecule has 0 aliphatic heterocycles. The molecular formula is C31H25O6SSb. The number of carbonyl (C=O) groups is 1. The number of hydrogen-bond acceptors (Lipinski definition) is 5. The second-order valence-corrected chi connectivity index (χ2v) is 22.1. The van der Waals surface area contributed by atoms with Crippen molar-refractivity contribution < 1.29 is 25.0 Å². The molecule has 0 aliphatic rings. The van der Waals surface area contributed by atoms with Crippen molar-refractivity contribution in [1.29, 1.82) is 0 Å². The van der Waals surface area contributed by atoms with Gasteiger partial charge < -0.3 is 0 Å². The van der Waals surface area contributed by atoms with Gasteiger partial charge >= 0.3 is 230 Å². The van der Waals surface area contributed by atoms with Crippen LogP contribution in [0.1, 0.15) is 10.4 Å². The summed E-state index contributed by atoms with van der Waals surface area (Å²) >= 11 is -5.55. The Kier molecular flexibility index (Phi) is 7.32. The molecule has 0 bridgehead atoms. The maximum atomic E-state index is 14.3. The Morgan fingerprint density at radius 2 is 0.872 bits per heavy atom. The minimum absolute atomic E-state index is 0.132. The van der Waals surface area contributed by atoms with Crippen molar-refractivity contribution in [3.63, 3.8) is 0 Å². The molecule has 0 saturated carbocycles. The van der Waals surface area contributed by atoms with Gasteiger partial charge in [-0.25, -0.2) is 0 Å². The van der Waals surface area contributed by atoms with E-state index in [9.17, 15) is 17.8 Å². The number of benzene rings is 5. The zero-order chi connectivity index (χ0) is 27.4. The standard InChI is InChI=1S/C7H6O6S.4C6H5.Sb/c8-7(9)5-3-1-2-4-6(5)13-14(10,11)12;4*1-2-4-6-5-3-1;/h1-4H,(H,8,9)(H,10,11,12);4*1-5H;/q;;;;;+1/p-1. The molecule has 0 spiro atoms. The summed E-state index contributed by atoms with van der Waals surface area (Å²) in [4.78, 5) is 14.3. The molecule has 0 aromatic heterocycles. The van der Waals surface area contributed by atoms with E-state index in [0.29, 0.717) is 0 Å². The Balaban J connectivity index is 1.92. The van der Waals surface area contributed by atoms with Gasteiger partial charge in [-0.05, 0) is 0 Å². The van der Waals surface area contributed by atoms with Gasteiger partial charge in [0.05, 0.1) is 0 Å². The SMILES string of the molecule is O=C([O][Sb]([c]1ccccc1)([c]1ccccc1)([c]1ccccc1)[c]1ccccc1)c1ccccc1OS(=O)(=O)O. The van der Waals surface area contributed by atoms with E-state index in [1.165, 1.54) is 18.2 Å². The third kappa shape index (κ3) is 4.74. The van der Waals surface area contributed by atoms with Crippen LogP contribution in [0.15, 0.2) is 146 Å². The van der Waals surface area contributed by atoms with Crippen LogP contribution in [0.25, 0.3) is 0 Å². The van der Waals surface area contributed by atoms with Crippen molar-refractivity contribution in [3.8, 4) is 5.75 Å². The van der Waals surface area contributed by atoms with Crippen molar-refractivity contribution in [2.24, 2.45) is 0 Å². The number of para-hydroxylation sites is 1. The fourth-order valence-corrected chi connectivity index (χ4v) is 21.4. The van der Waals surface area contributed by atoms with Crippen LogP contribution in [0.4, 0.5) is 0 Å². The molecule has 196 valence electrons. The first-order valence-corrected chi connectivity index (χ1v) is 19.6. The quantitative estimate of drug-likeness (QED) is 0.205. The van der Waals surface area contributed by atoms with Crippen LogP contribution in [0, 0.1) is 0 Å². The molecule has 0 radical (unpaired) electrons. The summed E-state index contributed by atoms with van der Waals surface area (Å²) in [5.41, 5.74) is -0.132. The molecule has 8 heteroatoms. The van der Waals surface area contributed by atoms with Gasteiger partial charge in [0, 0.05) is 0 Å². The van der Waals surface area contributed by atoms with Crippen LogP contribution in [0.2, 0.25) is 0 Å². The van der Waals surface area contributed by atoms with Gasteiger partial charge in [0.2, 0.25) is 0 Å². The predicted molar refractivity (Wildman–Crippen MR) is 154 cm³/mol. The Labute approximate surface area is 229 Å². The first kappa shape index (κ1) is 26.7. The molecule has 1 N–H and O–H groups in total. The third-order valence-corrected chi connectivity index (χ3v) is 23.1. The van der Waals surface area contributed by atoms with Gasteiger partial charge in [0.25, 0.3) is 0 Å². The van der Waals surface area contributed by atoms with E-state index in [0.717, 1.165) is 14.0 Å². The van der Waals surface area contributed by atoms with E-state index in [1.807, 2.05) is 121 Å². The van der Waals surface area contributed by atoms with Crippen molar-refractivity contribution in [2.45, 2.75) is 0 Å². The van der Waals surface area contributed by atoms with Gasteiger partial charge in [-0.15, -0.1) is 0 Å². The van der Waals surface area contributed by atoms with Crippen molar-refractivity contribution in [3.05, 3.63) is 151 Å². The molecule has 5 rings (SSSR count). The summed E-state index contributed by atoms with van der Waals surface area (Å²) in [5.74, 6) is -1.11. The van der Waals surface area contributed by atoms with E-state index in [1.54, 1.807) is 6.07 Å². The first-order chi connectivity index (χ1) is 18.8. The summed E-state index contributed by atoms with van der Waals surface area (Å²) in [5, 5.41) is 0. The van der Waals surface area contributed by atoms with E-state index in [2.05, 4.69) is 0 Å². The van der Waals surface area contributed by atoms with E-state index in [4.69, 9.17) is 7.20 Å². The van der Waals surface area contributed by atoms with Gasteiger partial charge in [-0.1, -0.05) is 0 Å². The summed E-state index contributed by atoms with van der Waals surface area (Å²) in [6, 6.07) is 44.5. The molecule has 0 amide bonds. The van der Waals surface area contributed by atoms with Crippen LogP contribution in [-0.4, -0.2) is 36.8 Å². The number of rotatable bonds is 8. The molecule has 0 atom stereocenters. The second-order valence-electron chi connectivity index (χ2n) is 8.76. The molecule has 6 nitrogen and oxygen atoms in total. The summed E-state index contributed by atoms with van der Waals surface area (Å²) in [6.07, 6.45) is 0. The van der Waals surface area contributed by atoms with Gasteiger partial charge in [0.15, 0.2) is 0 Å². The van der Waals surface area contributed by atoms with Gasteiger partial charge in [-0.3, -0.25) is 0 Å². The second kappa shape index (κ2) is 10.7. The van der Waals surface area contributed by atoms with E-state index < -0.39 is 34.2 Å². The van der Waals surface area contributed by atoms with Crippen LogP contribution in [-0.2, 0) is 13.4 Å². The molecule has 0 aliphatic carbocycles. The normalized spacial score (nSPS) is 12.6. The monoisotopic (exact) mass is 646 g/mol. The molecule has 5 aromatic rings. The van der Waals surface area contributed by atoms with E-state index in [-0.39, 0.29) is 11.3 Å². The molecule has 0 fully saturated rings. The third-order valence-electron chi connectivity index (χ3n) is 6.56. The van der Waals surface area contributed by atoms with Crippen LogP contribution >= 0.6 is 0 Å². The van der Waals surface area contributed by atoms with Crippen molar-refractivity contribution in [2.75, 3.05) is 0 Å². The van der Waals surface area contributed by atoms with Crippen LogP contribution < -0.4 is 18.2 Å². The van der Waals surface area contributed by atoms with Crippen LogP contribution in [0.5, 0.6) is 5.75 Å². The number of hydrogen-bond donors (Lipinski definition) is 1. The number of carbonyl (C=O) groups excluding carboxylic acids is 1. The average Bonchev–Trinajstić information content (AvgIpc) is 2.97. The Hall–Kier alpha value is -3.90. The molecular weight excluding hydrogens is 622 g/mol. The first-order valence-electron chi connectivity index (χ1n) is 12.1. The molecule has 0 heterocycles. The zero-order valence-electron chi connectivity index (χ0n) is 20.7. The van der Waals surface area contributed by atoms with Gasteiger partial charge in [0.1, 0.15) is 0 Å². The Morgan fingerprint density at radius 3 is 1.23 bits per heavy atom. The fraction of sp³-hybridized carbons (Fsp3) is 0. The Bertz CT molecular complexity index is 1520. The molecule has 0 saturated heterocycles. The predicted octanol–water partition coefficient (Wildman–Crippen LogP) is 3.55. The van der Waals surface area contributed by atoms with Crippen LogP contribution in [0.3, 0.4) is 0 Å². The van der Waals surface area contributed by atoms with Crippen molar-refractivity contribution in [1.82, 2.24) is 0 Å².